The van der Waals surface area contributed by atoms with Crippen LogP contribution in [0, 0.1) is 12.7 Å². The van der Waals surface area contributed by atoms with E-state index in [1.807, 2.05) is 24.3 Å². The van der Waals surface area contributed by atoms with Crippen LogP contribution in [0.5, 0.6) is 5.75 Å². The summed E-state index contributed by atoms with van der Waals surface area (Å²) in [6, 6.07) is 12.3. The predicted molar refractivity (Wildman–Crippen MR) is 84.7 cm³/mol. The van der Waals surface area contributed by atoms with Gasteiger partial charge in [0.15, 0.2) is 0 Å². The number of halogens is 1. The van der Waals surface area contributed by atoms with Gasteiger partial charge in [-0.25, -0.2) is 4.39 Å². The summed E-state index contributed by atoms with van der Waals surface area (Å²) in [7, 11) is 1.61. The Morgan fingerprint density at radius 3 is 2.65 bits per heavy atom. The van der Waals surface area contributed by atoms with Gasteiger partial charge < -0.3 is 14.6 Å². The van der Waals surface area contributed by atoms with Crippen LogP contribution in [-0.2, 0) is 6.54 Å². The molecule has 6 heteroatoms. The van der Waals surface area contributed by atoms with Gasteiger partial charge >= 0.3 is 0 Å². The molecule has 0 saturated heterocycles. The van der Waals surface area contributed by atoms with Crippen molar-refractivity contribution in [1.29, 1.82) is 0 Å². The van der Waals surface area contributed by atoms with Crippen LogP contribution >= 0.6 is 0 Å². The Balaban J connectivity index is 1.67. The molecule has 0 aliphatic carbocycles. The summed E-state index contributed by atoms with van der Waals surface area (Å²) in [6.45, 7) is 2.05. The number of rotatable bonds is 5. The number of nitrogens with zero attached hydrogens (tertiary/aromatic N) is 2. The Morgan fingerprint density at radius 1 is 1.17 bits per heavy atom. The minimum atomic E-state index is -0.251. The monoisotopic (exact) mass is 313 g/mol. The molecule has 1 aromatic heterocycles. The van der Waals surface area contributed by atoms with Crippen LogP contribution in [-0.4, -0.2) is 17.3 Å². The average Bonchev–Trinajstić information content (AvgIpc) is 3.05. The average molecular weight is 313 g/mol. The largest absolute Gasteiger partial charge is 0.497 e. The van der Waals surface area contributed by atoms with Crippen molar-refractivity contribution < 1.29 is 13.7 Å². The fourth-order valence-electron chi connectivity index (χ4n) is 2.06. The molecule has 3 aromatic rings. The summed E-state index contributed by atoms with van der Waals surface area (Å²) in [6.07, 6.45) is 0. The Kier molecular flexibility index (Phi) is 4.23. The molecule has 3 rings (SSSR count). The van der Waals surface area contributed by atoms with Gasteiger partial charge in [0.25, 0.3) is 0 Å². The molecule has 0 saturated carbocycles. The number of ether oxygens (including phenoxy) is 1. The van der Waals surface area contributed by atoms with Gasteiger partial charge in [-0.1, -0.05) is 11.2 Å². The second-order valence-corrected chi connectivity index (χ2v) is 5.06. The number of nitrogens with one attached hydrogen (secondary N) is 1. The van der Waals surface area contributed by atoms with E-state index in [0.29, 0.717) is 29.5 Å². The SMILES string of the molecule is COc1ccc(-c2noc(CNc3ccc(C)c(F)c3)n2)cc1. The van der Waals surface area contributed by atoms with Crippen molar-refractivity contribution in [3.05, 3.63) is 59.7 Å². The first-order valence-corrected chi connectivity index (χ1v) is 7.13. The van der Waals surface area contributed by atoms with Crippen LogP contribution in [0.15, 0.2) is 47.0 Å². The van der Waals surface area contributed by atoms with E-state index in [1.165, 1.54) is 6.07 Å². The second kappa shape index (κ2) is 6.48. The first kappa shape index (κ1) is 15.0. The van der Waals surface area contributed by atoms with E-state index >= 15 is 0 Å². The highest BCUT2D eigenvalue weighted by Crippen LogP contribution is 2.20. The molecule has 0 spiro atoms. The van der Waals surface area contributed by atoms with Gasteiger partial charge in [-0.3, -0.25) is 0 Å². The number of methoxy groups -OCH3 is 1. The standard InChI is InChI=1S/C17H16FN3O2/c1-11-3-6-13(9-15(11)18)19-10-16-20-17(21-23-16)12-4-7-14(22-2)8-5-12/h3-9,19H,10H2,1-2H3. The lowest BCUT2D eigenvalue weighted by Gasteiger charge is -2.04. The summed E-state index contributed by atoms with van der Waals surface area (Å²) in [5.74, 6) is 1.44. The van der Waals surface area contributed by atoms with Crippen molar-refractivity contribution in [3.63, 3.8) is 0 Å². The first-order valence-electron chi connectivity index (χ1n) is 7.13. The number of hydrogen-bond acceptors (Lipinski definition) is 5. The van der Waals surface area contributed by atoms with Crippen LogP contribution in [0.3, 0.4) is 0 Å². The summed E-state index contributed by atoms with van der Waals surface area (Å²) in [4.78, 5) is 4.32. The van der Waals surface area contributed by atoms with Crippen molar-refractivity contribution >= 4 is 5.69 Å². The van der Waals surface area contributed by atoms with Crippen molar-refractivity contribution in [2.45, 2.75) is 13.5 Å². The number of aromatic nitrogens is 2. The number of hydrogen-bond donors (Lipinski definition) is 1. The molecule has 0 unspecified atom stereocenters. The Hall–Kier alpha value is -2.89. The van der Waals surface area contributed by atoms with Crippen molar-refractivity contribution in [2.24, 2.45) is 0 Å². The van der Waals surface area contributed by atoms with Crippen LogP contribution in [0.4, 0.5) is 10.1 Å². The van der Waals surface area contributed by atoms with E-state index in [9.17, 15) is 4.39 Å². The second-order valence-electron chi connectivity index (χ2n) is 5.06. The van der Waals surface area contributed by atoms with E-state index in [-0.39, 0.29) is 5.82 Å². The third-order valence-corrected chi connectivity index (χ3v) is 3.43. The molecule has 118 valence electrons. The lowest BCUT2D eigenvalue weighted by atomic mass is 10.2. The molecular formula is C17H16FN3O2. The zero-order chi connectivity index (χ0) is 16.2. The lowest BCUT2D eigenvalue weighted by Crippen LogP contribution is -2.00. The number of aryl methyl sites for hydroxylation is 1. The first-order chi connectivity index (χ1) is 11.2. The van der Waals surface area contributed by atoms with E-state index < -0.39 is 0 Å². The molecule has 0 fully saturated rings. The van der Waals surface area contributed by atoms with Crippen molar-refractivity contribution in [2.75, 3.05) is 12.4 Å². The van der Waals surface area contributed by atoms with Crippen LogP contribution in [0.2, 0.25) is 0 Å². The van der Waals surface area contributed by atoms with Gasteiger partial charge in [0.2, 0.25) is 11.7 Å². The maximum absolute atomic E-state index is 13.5. The van der Waals surface area contributed by atoms with Crippen LogP contribution in [0.1, 0.15) is 11.5 Å². The molecule has 1 N–H and O–H groups in total. The van der Waals surface area contributed by atoms with Gasteiger partial charge in [-0.15, -0.1) is 0 Å². The molecule has 1 heterocycles. The minimum Gasteiger partial charge on any atom is -0.497 e. The highest BCUT2D eigenvalue weighted by atomic mass is 19.1. The zero-order valence-corrected chi connectivity index (χ0v) is 12.8. The molecule has 23 heavy (non-hydrogen) atoms. The minimum absolute atomic E-state index is 0.251. The maximum Gasteiger partial charge on any atom is 0.246 e. The molecular weight excluding hydrogens is 297 g/mol. The number of anilines is 1. The van der Waals surface area contributed by atoms with Gasteiger partial charge in [0.1, 0.15) is 11.6 Å². The normalized spacial score (nSPS) is 10.6. The Labute approximate surface area is 133 Å². The molecule has 0 aliphatic rings. The smallest absolute Gasteiger partial charge is 0.246 e. The van der Waals surface area contributed by atoms with Crippen LogP contribution in [0.25, 0.3) is 11.4 Å². The molecule has 5 nitrogen and oxygen atoms in total. The summed E-state index contributed by atoms with van der Waals surface area (Å²) in [5.41, 5.74) is 2.11. The van der Waals surface area contributed by atoms with Crippen LogP contribution < -0.4 is 10.1 Å². The molecule has 0 bridgehead atoms. The highest BCUT2D eigenvalue weighted by molar-refractivity contribution is 5.55. The third kappa shape index (κ3) is 3.48. The van der Waals surface area contributed by atoms with Gasteiger partial charge in [-0.2, -0.15) is 4.98 Å². The predicted octanol–water partition coefficient (Wildman–Crippen LogP) is 3.80. The van der Waals surface area contributed by atoms with E-state index in [4.69, 9.17) is 9.26 Å². The summed E-state index contributed by atoms with van der Waals surface area (Å²) >= 11 is 0. The Bertz CT molecular complexity index is 800. The molecule has 0 atom stereocenters. The zero-order valence-electron chi connectivity index (χ0n) is 12.8. The van der Waals surface area contributed by atoms with Gasteiger partial charge in [0, 0.05) is 11.3 Å². The Morgan fingerprint density at radius 2 is 1.96 bits per heavy atom. The van der Waals surface area contributed by atoms with E-state index in [1.54, 1.807) is 26.2 Å². The van der Waals surface area contributed by atoms with Crippen molar-refractivity contribution in [3.8, 4) is 17.1 Å². The van der Waals surface area contributed by atoms with E-state index in [2.05, 4.69) is 15.5 Å². The highest BCUT2D eigenvalue weighted by Gasteiger charge is 2.09. The van der Waals surface area contributed by atoms with E-state index in [0.717, 1.165) is 11.3 Å². The third-order valence-electron chi connectivity index (χ3n) is 3.43. The quantitative estimate of drug-likeness (QED) is 0.776. The molecule has 2 aromatic carbocycles. The van der Waals surface area contributed by atoms with Crippen molar-refractivity contribution in [1.82, 2.24) is 10.1 Å². The fraction of sp³-hybridized carbons (Fsp3) is 0.176. The lowest BCUT2D eigenvalue weighted by molar-refractivity contribution is 0.384. The fourth-order valence-corrected chi connectivity index (χ4v) is 2.06. The summed E-state index contributed by atoms with van der Waals surface area (Å²) < 4.78 is 23.8. The molecule has 0 amide bonds. The van der Waals surface area contributed by atoms with Gasteiger partial charge in [-0.05, 0) is 48.9 Å². The molecule has 0 aliphatic heterocycles. The topological polar surface area (TPSA) is 60.2 Å². The molecule has 0 radical (unpaired) electrons. The maximum atomic E-state index is 13.5. The number of benzene rings is 2. The summed E-state index contributed by atoms with van der Waals surface area (Å²) in [5, 5.41) is 7.00. The van der Waals surface area contributed by atoms with Gasteiger partial charge in [0.05, 0.1) is 13.7 Å².